The number of carbonyl (C=O) groups is 2. The smallest absolute Gasteiger partial charge is 0.278 e. The monoisotopic (exact) mass is 262 g/mol. The van der Waals surface area contributed by atoms with E-state index in [1.54, 1.807) is 0 Å². The van der Waals surface area contributed by atoms with Crippen molar-refractivity contribution in [3.8, 4) is 0 Å². The van der Waals surface area contributed by atoms with E-state index in [9.17, 15) is 9.59 Å². The van der Waals surface area contributed by atoms with Gasteiger partial charge in [-0.3, -0.25) is 9.59 Å². The Bertz CT molecular complexity index is 479. The Labute approximate surface area is 112 Å². The number of aryl methyl sites for hydroxylation is 2. The first-order chi connectivity index (χ1) is 9.04. The van der Waals surface area contributed by atoms with Crippen LogP contribution < -0.4 is 16.0 Å². The van der Waals surface area contributed by atoms with Crippen molar-refractivity contribution in [2.75, 3.05) is 18.4 Å². The highest BCUT2D eigenvalue weighted by Gasteiger charge is 2.27. The van der Waals surface area contributed by atoms with Crippen LogP contribution in [0.3, 0.4) is 0 Å². The summed E-state index contributed by atoms with van der Waals surface area (Å²) < 4.78 is 0. The van der Waals surface area contributed by atoms with Crippen LogP contribution in [0, 0.1) is 13.8 Å². The molecular weight excluding hydrogens is 242 g/mol. The maximum atomic E-state index is 11.9. The highest BCUT2D eigenvalue weighted by molar-refractivity contribution is 5.95. The molecule has 1 atom stereocenters. The van der Waals surface area contributed by atoms with Gasteiger partial charge in [0.2, 0.25) is 5.91 Å². The zero-order valence-corrected chi connectivity index (χ0v) is 11.3. The molecule has 0 aromatic heterocycles. The van der Waals surface area contributed by atoms with Gasteiger partial charge in [-0.25, -0.2) is 0 Å². The van der Waals surface area contributed by atoms with Gasteiger partial charge < -0.3 is 16.0 Å². The Morgan fingerprint density at radius 2 is 2.05 bits per heavy atom. The fourth-order valence-electron chi connectivity index (χ4n) is 2.35. The predicted octanol–water partition coefficient (Wildman–Crippen LogP) is -0.306. The highest BCUT2D eigenvalue weighted by Crippen LogP contribution is 2.14. The third kappa shape index (κ3) is 3.79. The summed E-state index contributed by atoms with van der Waals surface area (Å²) in [6.07, 6.45) is 0.207. The zero-order chi connectivity index (χ0) is 13.8. The summed E-state index contributed by atoms with van der Waals surface area (Å²) in [7, 11) is 0. The molecule has 1 aliphatic rings. The molecule has 0 aliphatic carbocycles. The molecule has 1 aliphatic heterocycles. The second-order valence-corrected chi connectivity index (χ2v) is 5.05. The molecule has 1 fully saturated rings. The molecule has 1 saturated heterocycles. The van der Waals surface area contributed by atoms with Gasteiger partial charge in [0.1, 0.15) is 0 Å². The maximum Gasteiger partial charge on any atom is 0.278 e. The molecule has 1 aromatic carbocycles. The van der Waals surface area contributed by atoms with Crippen molar-refractivity contribution in [2.24, 2.45) is 0 Å². The minimum Gasteiger partial charge on any atom is -0.345 e. The SMILES string of the molecule is Cc1cc(C)cc(NC(=O)C[C@@H]2[NH2+]CCNC2=O)c1. The lowest BCUT2D eigenvalue weighted by Crippen LogP contribution is -2.96. The van der Waals surface area contributed by atoms with Crippen LogP contribution >= 0.6 is 0 Å². The van der Waals surface area contributed by atoms with Gasteiger partial charge in [0.25, 0.3) is 5.91 Å². The van der Waals surface area contributed by atoms with Crippen molar-refractivity contribution >= 4 is 17.5 Å². The van der Waals surface area contributed by atoms with Gasteiger partial charge >= 0.3 is 0 Å². The summed E-state index contributed by atoms with van der Waals surface area (Å²) in [5.41, 5.74) is 3.01. The number of hydrogen-bond acceptors (Lipinski definition) is 2. The number of piperazine rings is 1. The van der Waals surface area contributed by atoms with Gasteiger partial charge in [-0.15, -0.1) is 0 Å². The summed E-state index contributed by atoms with van der Waals surface area (Å²) in [5, 5.41) is 7.54. The Hall–Kier alpha value is -1.88. The number of rotatable bonds is 3. The average Bonchev–Trinajstić information content (AvgIpc) is 2.30. The van der Waals surface area contributed by atoms with Crippen molar-refractivity contribution in [1.82, 2.24) is 5.32 Å². The number of benzene rings is 1. The first-order valence-electron chi connectivity index (χ1n) is 6.54. The lowest BCUT2D eigenvalue weighted by Gasteiger charge is -2.19. The normalized spacial score (nSPS) is 18.8. The van der Waals surface area contributed by atoms with Gasteiger partial charge in [-0.1, -0.05) is 6.07 Å². The minimum atomic E-state index is -0.306. The topological polar surface area (TPSA) is 74.8 Å². The van der Waals surface area contributed by atoms with E-state index in [1.807, 2.05) is 31.3 Å². The van der Waals surface area contributed by atoms with E-state index in [0.29, 0.717) is 6.54 Å². The third-order valence-corrected chi connectivity index (χ3v) is 3.14. The summed E-state index contributed by atoms with van der Waals surface area (Å²) in [5.74, 6) is -0.176. The standard InChI is InChI=1S/C14H19N3O2/c1-9-5-10(2)7-11(6-9)17-13(18)8-12-14(19)16-4-3-15-12/h5-7,12,15H,3-4,8H2,1-2H3,(H,16,19)(H,17,18)/p+1/t12-/m0/s1. The second kappa shape index (κ2) is 5.84. The Morgan fingerprint density at radius 3 is 2.68 bits per heavy atom. The number of nitrogens with one attached hydrogen (secondary N) is 2. The van der Waals surface area contributed by atoms with Crippen molar-refractivity contribution in [1.29, 1.82) is 0 Å². The van der Waals surface area contributed by atoms with Crippen LogP contribution in [0.5, 0.6) is 0 Å². The molecule has 0 spiro atoms. The number of anilines is 1. The van der Waals surface area contributed by atoms with Crippen LogP contribution in [-0.4, -0.2) is 30.9 Å². The molecule has 102 valence electrons. The van der Waals surface area contributed by atoms with Crippen molar-refractivity contribution in [3.05, 3.63) is 29.3 Å². The first kappa shape index (κ1) is 13.5. The molecule has 19 heavy (non-hydrogen) atoms. The maximum absolute atomic E-state index is 11.9. The zero-order valence-electron chi connectivity index (χ0n) is 11.3. The lowest BCUT2D eigenvalue weighted by atomic mass is 10.1. The first-order valence-corrected chi connectivity index (χ1v) is 6.54. The average molecular weight is 262 g/mol. The number of amides is 2. The molecule has 5 heteroatoms. The van der Waals surface area contributed by atoms with Gasteiger partial charge in [-0.05, 0) is 37.1 Å². The fourth-order valence-corrected chi connectivity index (χ4v) is 2.35. The quantitative estimate of drug-likeness (QED) is 0.699. The van der Waals surface area contributed by atoms with Crippen LogP contribution in [0.15, 0.2) is 18.2 Å². The molecule has 4 N–H and O–H groups in total. The molecule has 0 unspecified atom stereocenters. The second-order valence-electron chi connectivity index (χ2n) is 5.05. The van der Waals surface area contributed by atoms with Crippen LogP contribution in [0.4, 0.5) is 5.69 Å². The largest absolute Gasteiger partial charge is 0.345 e. The van der Waals surface area contributed by atoms with Crippen LogP contribution in [0.25, 0.3) is 0 Å². The van der Waals surface area contributed by atoms with Crippen molar-refractivity contribution in [3.63, 3.8) is 0 Å². The molecule has 5 nitrogen and oxygen atoms in total. The number of carbonyl (C=O) groups excluding carboxylic acids is 2. The highest BCUT2D eigenvalue weighted by atomic mass is 16.2. The van der Waals surface area contributed by atoms with Crippen molar-refractivity contribution < 1.29 is 14.9 Å². The van der Waals surface area contributed by atoms with Crippen LogP contribution in [0.2, 0.25) is 0 Å². The van der Waals surface area contributed by atoms with Crippen molar-refractivity contribution in [2.45, 2.75) is 26.3 Å². The molecule has 1 aromatic rings. The summed E-state index contributed by atoms with van der Waals surface area (Å²) in [4.78, 5) is 23.5. The van der Waals surface area contributed by atoms with E-state index in [1.165, 1.54) is 0 Å². The number of hydrogen-bond donors (Lipinski definition) is 3. The van der Waals surface area contributed by atoms with E-state index in [4.69, 9.17) is 0 Å². The molecule has 0 saturated carbocycles. The van der Waals surface area contributed by atoms with E-state index in [2.05, 4.69) is 16.7 Å². The predicted molar refractivity (Wildman–Crippen MR) is 72.8 cm³/mol. The summed E-state index contributed by atoms with van der Waals surface area (Å²) in [6, 6.07) is 5.60. The van der Waals surface area contributed by atoms with Crippen LogP contribution in [-0.2, 0) is 9.59 Å². The summed E-state index contributed by atoms with van der Waals surface area (Å²) >= 11 is 0. The molecule has 0 bridgehead atoms. The van der Waals surface area contributed by atoms with Gasteiger partial charge in [0.05, 0.1) is 19.5 Å². The Kier molecular flexibility index (Phi) is 4.16. The lowest BCUT2D eigenvalue weighted by molar-refractivity contribution is -0.678. The van der Waals surface area contributed by atoms with Gasteiger partial charge in [0.15, 0.2) is 6.04 Å². The Balaban J connectivity index is 1.95. The molecular formula is C14H20N3O2+. The molecule has 2 rings (SSSR count). The van der Waals surface area contributed by atoms with E-state index < -0.39 is 0 Å². The molecule has 2 amide bonds. The fraction of sp³-hybridized carbons (Fsp3) is 0.429. The van der Waals surface area contributed by atoms with E-state index >= 15 is 0 Å². The van der Waals surface area contributed by atoms with E-state index in [-0.39, 0.29) is 24.3 Å². The van der Waals surface area contributed by atoms with Crippen LogP contribution in [0.1, 0.15) is 17.5 Å². The van der Waals surface area contributed by atoms with Gasteiger partial charge in [-0.2, -0.15) is 0 Å². The minimum absolute atomic E-state index is 0.0539. The summed E-state index contributed by atoms with van der Waals surface area (Å²) in [6.45, 7) is 5.48. The third-order valence-electron chi connectivity index (χ3n) is 3.14. The Morgan fingerprint density at radius 1 is 1.37 bits per heavy atom. The molecule has 0 radical (unpaired) electrons. The number of nitrogens with two attached hydrogens (primary N) is 1. The molecule has 1 heterocycles. The van der Waals surface area contributed by atoms with E-state index in [0.717, 1.165) is 23.4 Å². The number of quaternary nitrogens is 1. The van der Waals surface area contributed by atoms with Gasteiger partial charge in [0, 0.05) is 5.69 Å².